The van der Waals surface area contributed by atoms with Crippen LogP contribution in [0.15, 0.2) is 53.4 Å². The van der Waals surface area contributed by atoms with E-state index in [9.17, 15) is 8.42 Å². The smallest absolute Gasteiger partial charge is 0.240 e. The van der Waals surface area contributed by atoms with Gasteiger partial charge in [0.2, 0.25) is 10.0 Å². The van der Waals surface area contributed by atoms with E-state index < -0.39 is 10.0 Å². The van der Waals surface area contributed by atoms with Crippen LogP contribution in [0, 0.1) is 0 Å². The normalized spacial score (nSPS) is 15.6. The third kappa shape index (κ3) is 6.03. The van der Waals surface area contributed by atoms with Crippen molar-refractivity contribution in [3.05, 3.63) is 65.2 Å². The number of benzene rings is 2. The lowest BCUT2D eigenvalue weighted by atomic mass is 10.1. The summed E-state index contributed by atoms with van der Waals surface area (Å²) < 4.78 is 33.5. The third-order valence-electron chi connectivity index (χ3n) is 4.90. The maximum absolute atomic E-state index is 12.7. The molecular weight excluding hydrogens is 396 g/mol. The van der Waals surface area contributed by atoms with Gasteiger partial charge in [0.25, 0.3) is 0 Å². The van der Waals surface area contributed by atoms with E-state index in [1.165, 1.54) is 0 Å². The van der Waals surface area contributed by atoms with Crippen molar-refractivity contribution in [2.24, 2.45) is 0 Å². The molecule has 0 atom stereocenters. The lowest BCUT2D eigenvalue weighted by Crippen LogP contribution is -2.36. The molecule has 2 aromatic carbocycles. The SMILES string of the molecule is O=S(=O)(NCc1ccccc1CN1CCOCC1)c1ccc(CCCCl)cc1. The second kappa shape index (κ2) is 10.4. The number of sulfonamides is 1. The van der Waals surface area contributed by atoms with Crippen LogP contribution in [-0.4, -0.2) is 45.5 Å². The molecule has 7 heteroatoms. The number of hydrogen-bond acceptors (Lipinski definition) is 4. The maximum atomic E-state index is 12.7. The molecule has 1 saturated heterocycles. The molecule has 28 heavy (non-hydrogen) atoms. The number of morpholine rings is 1. The first kappa shape index (κ1) is 21.3. The summed E-state index contributed by atoms with van der Waals surface area (Å²) in [4.78, 5) is 2.61. The van der Waals surface area contributed by atoms with Gasteiger partial charge in [0.05, 0.1) is 18.1 Å². The molecule has 5 nitrogen and oxygen atoms in total. The van der Waals surface area contributed by atoms with Gasteiger partial charge in [-0.15, -0.1) is 11.6 Å². The first-order valence-electron chi connectivity index (χ1n) is 9.60. The van der Waals surface area contributed by atoms with Gasteiger partial charge in [-0.25, -0.2) is 13.1 Å². The predicted molar refractivity (Wildman–Crippen MR) is 112 cm³/mol. The minimum absolute atomic E-state index is 0.275. The predicted octanol–water partition coefficient (Wildman–Crippen LogP) is 3.17. The van der Waals surface area contributed by atoms with Crippen molar-refractivity contribution in [3.8, 4) is 0 Å². The van der Waals surface area contributed by atoms with Crippen LogP contribution >= 0.6 is 11.6 Å². The Morgan fingerprint density at radius 2 is 1.68 bits per heavy atom. The van der Waals surface area contributed by atoms with Crippen molar-refractivity contribution < 1.29 is 13.2 Å². The molecule has 0 unspecified atom stereocenters. The topological polar surface area (TPSA) is 58.6 Å². The largest absolute Gasteiger partial charge is 0.379 e. The summed E-state index contributed by atoms with van der Waals surface area (Å²) >= 11 is 5.71. The molecule has 1 N–H and O–H groups in total. The Hall–Kier alpha value is -1.44. The summed E-state index contributed by atoms with van der Waals surface area (Å²) in [6.45, 7) is 4.37. The Morgan fingerprint density at radius 3 is 2.36 bits per heavy atom. The van der Waals surface area contributed by atoms with E-state index in [1.807, 2.05) is 30.3 Å². The van der Waals surface area contributed by atoms with Gasteiger partial charge in [-0.3, -0.25) is 4.90 Å². The molecule has 1 aliphatic heterocycles. The third-order valence-corrected chi connectivity index (χ3v) is 6.59. The van der Waals surface area contributed by atoms with Crippen LogP contribution < -0.4 is 4.72 Å². The van der Waals surface area contributed by atoms with Crippen molar-refractivity contribution in [1.82, 2.24) is 9.62 Å². The number of aryl methyl sites for hydroxylation is 1. The number of alkyl halides is 1. The van der Waals surface area contributed by atoms with Gasteiger partial charge in [0, 0.05) is 32.1 Å². The molecule has 1 fully saturated rings. The van der Waals surface area contributed by atoms with E-state index in [-0.39, 0.29) is 11.4 Å². The maximum Gasteiger partial charge on any atom is 0.240 e. The molecule has 0 amide bonds. The van der Waals surface area contributed by atoms with Gasteiger partial charge >= 0.3 is 0 Å². The van der Waals surface area contributed by atoms with E-state index >= 15 is 0 Å². The van der Waals surface area contributed by atoms with Gasteiger partial charge < -0.3 is 4.74 Å². The highest BCUT2D eigenvalue weighted by Crippen LogP contribution is 2.16. The molecule has 2 aromatic rings. The quantitative estimate of drug-likeness (QED) is 0.630. The average molecular weight is 423 g/mol. The molecule has 152 valence electrons. The van der Waals surface area contributed by atoms with Crippen LogP contribution in [0.5, 0.6) is 0 Å². The second-order valence-electron chi connectivity index (χ2n) is 6.92. The van der Waals surface area contributed by atoms with Crippen LogP contribution in [-0.2, 0) is 34.3 Å². The van der Waals surface area contributed by atoms with Crippen LogP contribution in [0.1, 0.15) is 23.1 Å². The minimum Gasteiger partial charge on any atom is -0.379 e. The fourth-order valence-electron chi connectivity index (χ4n) is 3.25. The molecule has 0 spiro atoms. The highest BCUT2D eigenvalue weighted by Gasteiger charge is 2.16. The van der Waals surface area contributed by atoms with Crippen LogP contribution in [0.3, 0.4) is 0 Å². The molecule has 3 rings (SSSR count). The zero-order chi connectivity index (χ0) is 19.8. The number of nitrogens with zero attached hydrogens (tertiary/aromatic N) is 1. The van der Waals surface area contributed by atoms with Crippen molar-refractivity contribution in [1.29, 1.82) is 0 Å². The Kier molecular flexibility index (Phi) is 7.88. The summed E-state index contributed by atoms with van der Waals surface area (Å²) in [6.07, 6.45) is 1.73. The molecule has 0 aliphatic carbocycles. The first-order valence-corrected chi connectivity index (χ1v) is 11.6. The van der Waals surface area contributed by atoms with Gasteiger partial charge in [-0.2, -0.15) is 0 Å². The summed E-state index contributed by atoms with van der Waals surface area (Å²) in [6, 6.07) is 15.0. The molecular formula is C21H27ClN2O3S. The Morgan fingerprint density at radius 1 is 1.00 bits per heavy atom. The number of halogens is 1. The Bertz CT molecular complexity index is 850. The number of ether oxygens (including phenoxy) is 1. The molecule has 1 aliphatic rings. The number of hydrogen-bond donors (Lipinski definition) is 1. The van der Waals surface area contributed by atoms with Gasteiger partial charge in [-0.1, -0.05) is 36.4 Å². The highest BCUT2D eigenvalue weighted by atomic mass is 35.5. The summed E-state index contributed by atoms with van der Waals surface area (Å²) in [7, 11) is -3.56. The van der Waals surface area contributed by atoms with Crippen LogP contribution in [0.2, 0.25) is 0 Å². The zero-order valence-electron chi connectivity index (χ0n) is 15.9. The van der Waals surface area contributed by atoms with E-state index in [0.29, 0.717) is 5.88 Å². The van der Waals surface area contributed by atoms with Crippen LogP contribution in [0.4, 0.5) is 0 Å². The standard InChI is InChI=1S/C21H27ClN2O3S/c22-11-3-4-18-7-9-21(10-8-18)28(25,26)23-16-19-5-1-2-6-20(19)17-24-12-14-27-15-13-24/h1-2,5-10,23H,3-4,11-17H2. The van der Waals surface area contributed by atoms with Gasteiger partial charge in [-0.05, 0) is 41.7 Å². The Balaban J connectivity index is 1.64. The van der Waals surface area contributed by atoms with Crippen molar-refractivity contribution in [2.45, 2.75) is 30.8 Å². The monoisotopic (exact) mass is 422 g/mol. The lowest BCUT2D eigenvalue weighted by molar-refractivity contribution is 0.0341. The molecule has 1 heterocycles. The van der Waals surface area contributed by atoms with E-state index in [1.54, 1.807) is 12.1 Å². The fourth-order valence-corrected chi connectivity index (χ4v) is 4.39. The second-order valence-corrected chi connectivity index (χ2v) is 9.06. The highest BCUT2D eigenvalue weighted by molar-refractivity contribution is 7.89. The minimum atomic E-state index is -3.56. The number of nitrogens with one attached hydrogen (secondary N) is 1. The molecule has 0 saturated carbocycles. The molecule has 0 radical (unpaired) electrons. The fraction of sp³-hybridized carbons (Fsp3) is 0.429. The zero-order valence-corrected chi connectivity index (χ0v) is 17.5. The molecule has 0 aromatic heterocycles. The van der Waals surface area contributed by atoms with Crippen LogP contribution in [0.25, 0.3) is 0 Å². The number of rotatable bonds is 9. The Labute approximate surface area is 172 Å². The molecule has 0 bridgehead atoms. The first-order chi connectivity index (χ1) is 13.6. The van der Waals surface area contributed by atoms with Gasteiger partial charge in [0.15, 0.2) is 0 Å². The summed E-state index contributed by atoms with van der Waals surface area (Å²) in [5.41, 5.74) is 3.23. The van der Waals surface area contributed by atoms with Crippen molar-refractivity contribution in [2.75, 3.05) is 32.2 Å². The average Bonchev–Trinajstić information content (AvgIpc) is 2.73. The lowest BCUT2D eigenvalue weighted by Gasteiger charge is -2.27. The van der Waals surface area contributed by atoms with Gasteiger partial charge in [0.1, 0.15) is 0 Å². The summed E-state index contributed by atoms with van der Waals surface area (Å²) in [5, 5.41) is 0. The van der Waals surface area contributed by atoms with Crippen molar-refractivity contribution in [3.63, 3.8) is 0 Å². The van der Waals surface area contributed by atoms with E-state index in [0.717, 1.165) is 62.4 Å². The van der Waals surface area contributed by atoms with E-state index in [2.05, 4.69) is 15.7 Å². The van der Waals surface area contributed by atoms with Crippen molar-refractivity contribution >= 4 is 21.6 Å². The van der Waals surface area contributed by atoms with E-state index in [4.69, 9.17) is 16.3 Å². The summed E-state index contributed by atoms with van der Waals surface area (Å²) in [5.74, 6) is 0.603.